The lowest BCUT2D eigenvalue weighted by Gasteiger charge is -2.28. The van der Waals surface area contributed by atoms with Gasteiger partial charge in [0.1, 0.15) is 0 Å². The van der Waals surface area contributed by atoms with Crippen LogP contribution >= 0.6 is 11.3 Å². The van der Waals surface area contributed by atoms with Crippen LogP contribution in [0.25, 0.3) is 0 Å². The molecular weight excluding hydrogens is 336 g/mol. The molecule has 0 bridgehead atoms. The van der Waals surface area contributed by atoms with E-state index in [1.54, 1.807) is 18.4 Å². The summed E-state index contributed by atoms with van der Waals surface area (Å²) < 4.78 is 10.6. The average Bonchev–Trinajstić information content (AvgIpc) is 3.00. The number of nitrogens with one attached hydrogen (secondary N) is 1. The Balaban J connectivity index is 1.45. The van der Waals surface area contributed by atoms with E-state index in [1.807, 2.05) is 0 Å². The largest absolute Gasteiger partial charge is 0.384 e. The van der Waals surface area contributed by atoms with Gasteiger partial charge < -0.3 is 14.6 Å². The number of rotatable bonds is 8. The second-order valence-electron chi connectivity index (χ2n) is 7.22. The lowest BCUT2D eigenvalue weighted by atomic mass is 9.93. The minimum Gasteiger partial charge on any atom is -0.384 e. The van der Waals surface area contributed by atoms with Crippen molar-refractivity contribution in [2.45, 2.75) is 44.8 Å². The summed E-state index contributed by atoms with van der Waals surface area (Å²) in [6.07, 6.45) is 4.55. The fourth-order valence-corrected chi connectivity index (χ4v) is 4.68. The van der Waals surface area contributed by atoms with Crippen molar-refractivity contribution in [1.82, 2.24) is 20.4 Å². The van der Waals surface area contributed by atoms with Gasteiger partial charge in [0.15, 0.2) is 5.82 Å². The molecule has 136 valence electrons. The maximum absolute atomic E-state index is 5.50. The topological polar surface area (TPSA) is 63.4 Å². The summed E-state index contributed by atoms with van der Waals surface area (Å²) in [5, 5.41) is 12.0. The lowest BCUT2D eigenvalue weighted by molar-refractivity contribution is 0.167. The number of nitrogens with zero attached hydrogens (tertiary/aromatic N) is 3. The van der Waals surface area contributed by atoms with Gasteiger partial charge in [0, 0.05) is 26.1 Å². The summed E-state index contributed by atoms with van der Waals surface area (Å²) in [5.74, 6) is 1.46. The molecule has 25 heavy (non-hydrogen) atoms. The molecule has 6 nitrogen and oxygen atoms in total. The van der Waals surface area contributed by atoms with Crippen LogP contribution in [0.2, 0.25) is 0 Å². The molecular formula is C18H26N4O2S. The van der Waals surface area contributed by atoms with Crippen molar-refractivity contribution in [2.24, 2.45) is 5.41 Å². The maximum atomic E-state index is 5.50. The van der Waals surface area contributed by atoms with Crippen LogP contribution in [0.3, 0.4) is 0 Å². The van der Waals surface area contributed by atoms with Gasteiger partial charge in [-0.25, -0.2) is 0 Å². The van der Waals surface area contributed by atoms with Crippen molar-refractivity contribution in [2.75, 3.05) is 26.8 Å². The molecule has 1 saturated carbocycles. The van der Waals surface area contributed by atoms with Gasteiger partial charge in [-0.05, 0) is 60.2 Å². The Labute approximate surface area is 152 Å². The van der Waals surface area contributed by atoms with E-state index in [2.05, 4.69) is 37.2 Å². The Morgan fingerprint density at radius 1 is 1.40 bits per heavy atom. The van der Waals surface area contributed by atoms with Crippen molar-refractivity contribution in [1.29, 1.82) is 0 Å². The highest BCUT2D eigenvalue weighted by Gasteiger charge is 2.56. The Hall–Kier alpha value is -1.28. The third-order valence-electron chi connectivity index (χ3n) is 5.53. The van der Waals surface area contributed by atoms with E-state index in [0.717, 1.165) is 37.9 Å². The van der Waals surface area contributed by atoms with Crippen LogP contribution in [0.5, 0.6) is 0 Å². The highest BCUT2D eigenvalue weighted by molar-refractivity contribution is 7.07. The SMILES string of the molecule is COCCc1noc(CN(Cc2ccsc2)[C@H]2CC23CCNCC3)n1. The zero-order valence-electron chi connectivity index (χ0n) is 14.7. The maximum Gasteiger partial charge on any atom is 0.240 e. The Morgan fingerprint density at radius 3 is 3.04 bits per heavy atom. The van der Waals surface area contributed by atoms with E-state index in [9.17, 15) is 0 Å². The van der Waals surface area contributed by atoms with Gasteiger partial charge in [-0.3, -0.25) is 4.90 Å². The Bertz CT molecular complexity index is 666. The monoisotopic (exact) mass is 362 g/mol. The van der Waals surface area contributed by atoms with E-state index in [0.29, 0.717) is 24.5 Å². The number of ether oxygens (including phenoxy) is 1. The molecule has 1 spiro atoms. The van der Waals surface area contributed by atoms with Crippen LogP contribution in [-0.4, -0.2) is 47.9 Å². The molecule has 0 amide bonds. The Morgan fingerprint density at radius 2 is 2.28 bits per heavy atom. The summed E-state index contributed by atoms with van der Waals surface area (Å²) in [6, 6.07) is 2.84. The molecule has 2 fully saturated rings. The number of piperidine rings is 1. The van der Waals surface area contributed by atoms with Crippen LogP contribution in [0, 0.1) is 5.41 Å². The van der Waals surface area contributed by atoms with Gasteiger partial charge in [0.2, 0.25) is 5.89 Å². The van der Waals surface area contributed by atoms with Crippen LogP contribution in [0.1, 0.15) is 36.5 Å². The van der Waals surface area contributed by atoms with Crippen LogP contribution in [0.4, 0.5) is 0 Å². The average molecular weight is 362 g/mol. The molecule has 3 heterocycles. The zero-order valence-corrected chi connectivity index (χ0v) is 15.6. The second-order valence-corrected chi connectivity index (χ2v) is 8.00. The van der Waals surface area contributed by atoms with E-state index in [1.165, 1.54) is 24.8 Å². The molecule has 1 aliphatic carbocycles. The molecule has 7 heteroatoms. The predicted octanol–water partition coefficient (Wildman–Crippen LogP) is 2.46. The minimum atomic E-state index is 0.500. The molecule has 0 aromatic carbocycles. The first-order chi connectivity index (χ1) is 12.3. The van der Waals surface area contributed by atoms with Gasteiger partial charge in [0.05, 0.1) is 13.2 Å². The van der Waals surface area contributed by atoms with Crippen molar-refractivity contribution in [3.8, 4) is 0 Å². The van der Waals surface area contributed by atoms with Gasteiger partial charge in [0.25, 0.3) is 0 Å². The molecule has 2 aromatic heterocycles. The third-order valence-corrected chi connectivity index (χ3v) is 6.26. The van der Waals surface area contributed by atoms with Crippen molar-refractivity contribution < 1.29 is 9.26 Å². The van der Waals surface area contributed by atoms with Crippen LogP contribution in [0.15, 0.2) is 21.3 Å². The van der Waals surface area contributed by atoms with Crippen molar-refractivity contribution in [3.05, 3.63) is 34.1 Å². The molecule has 1 saturated heterocycles. The van der Waals surface area contributed by atoms with Crippen LogP contribution in [-0.2, 0) is 24.2 Å². The van der Waals surface area contributed by atoms with Gasteiger partial charge in [-0.2, -0.15) is 16.3 Å². The zero-order chi connectivity index (χ0) is 17.1. The summed E-state index contributed by atoms with van der Waals surface area (Å²) in [4.78, 5) is 7.09. The smallest absolute Gasteiger partial charge is 0.240 e. The quantitative estimate of drug-likeness (QED) is 0.778. The molecule has 0 unspecified atom stereocenters. The number of hydrogen-bond acceptors (Lipinski definition) is 7. The normalized spacial score (nSPS) is 21.9. The first-order valence-corrected chi connectivity index (χ1v) is 10.00. The van der Waals surface area contributed by atoms with Gasteiger partial charge in [-0.15, -0.1) is 0 Å². The predicted molar refractivity (Wildman–Crippen MR) is 96.4 cm³/mol. The Kier molecular flexibility index (Phi) is 5.17. The summed E-state index contributed by atoms with van der Waals surface area (Å²) in [7, 11) is 1.69. The standard InChI is InChI=1S/C18H26N4O2S/c1-23-8-2-16-20-17(24-21-16)12-22(11-14-3-9-25-13-14)15-10-18(15)4-6-19-7-5-18/h3,9,13,15,19H,2,4-8,10-12H2,1H3/t15-/m0/s1. The number of thiophene rings is 1. The molecule has 0 radical (unpaired) electrons. The van der Waals surface area contributed by atoms with Crippen LogP contribution < -0.4 is 5.32 Å². The summed E-state index contributed by atoms with van der Waals surface area (Å²) in [5.41, 5.74) is 1.88. The summed E-state index contributed by atoms with van der Waals surface area (Å²) in [6.45, 7) is 4.60. The highest BCUT2D eigenvalue weighted by atomic mass is 32.1. The second kappa shape index (κ2) is 7.53. The van der Waals surface area contributed by atoms with Gasteiger partial charge in [-0.1, -0.05) is 5.16 Å². The van der Waals surface area contributed by atoms with E-state index in [-0.39, 0.29) is 0 Å². The minimum absolute atomic E-state index is 0.500. The van der Waals surface area contributed by atoms with Crippen molar-refractivity contribution >= 4 is 11.3 Å². The number of hydrogen-bond donors (Lipinski definition) is 1. The molecule has 1 aliphatic heterocycles. The first-order valence-electron chi connectivity index (χ1n) is 9.05. The lowest BCUT2D eigenvalue weighted by Crippen LogP contribution is -2.35. The first kappa shape index (κ1) is 17.1. The molecule has 1 N–H and O–H groups in total. The third kappa shape index (κ3) is 3.95. The summed E-state index contributed by atoms with van der Waals surface area (Å²) >= 11 is 1.76. The molecule has 4 rings (SSSR count). The molecule has 2 aliphatic rings. The fourth-order valence-electron chi connectivity index (χ4n) is 4.02. The van der Waals surface area contributed by atoms with Crippen molar-refractivity contribution in [3.63, 3.8) is 0 Å². The van der Waals surface area contributed by atoms with E-state index in [4.69, 9.17) is 9.26 Å². The number of aromatic nitrogens is 2. The molecule has 1 atom stereocenters. The van der Waals surface area contributed by atoms with E-state index >= 15 is 0 Å². The molecule has 2 aromatic rings. The fraction of sp³-hybridized carbons (Fsp3) is 0.667. The number of methoxy groups -OCH3 is 1. The van der Waals surface area contributed by atoms with Gasteiger partial charge >= 0.3 is 0 Å². The van der Waals surface area contributed by atoms with E-state index < -0.39 is 0 Å². The highest BCUT2D eigenvalue weighted by Crippen LogP contribution is 2.56.